The second-order valence-corrected chi connectivity index (χ2v) is 8.33. The average molecular weight is 543 g/mol. The number of amidine groups is 1. The van der Waals surface area contributed by atoms with Crippen LogP contribution in [0, 0.1) is 11.2 Å². The molecule has 12 heteroatoms. The highest BCUT2D eigenvalue weighted by Gasteiger charge is 2.38. The molecule has 0 saturated carbocycles. The van der Waals surface area contributed by atoms with Gasteiger partial charge in [0.1, 0.15) is 17.5 Å². The molecule has 0 fully saturated rings. The molecule has 39 heavy (non-hydrogen) atoms. The van der Waals surface area contributed by atoms with Crippen molar-refractivity contribution >= 4 is 23.2 Å². The van der Waals surface area contributed by atoms with Gasteiger partial charge in [-0.15, -0.1) is 0 Å². The summed E-state index contributed by atoms with van der Waals surface area (Å²) in [6.07, 6.45) is -4.29. The first-order chi connectivity index (χ1) is 18.4. The highest BCUT2D eigenvalue weighted by molar-refractivity contribution is 5.95. The van der Waals surface area contributed by atoms with Gasteiger partial charge in [0.05, 0.1) is 12.2 Å². The first-order valence-corrected chi connectivity index (χ1v) is 11.7. The lowest BCUT2D eigenvalue weighted by Gasteiger charge is -2.25. The smallest absolute Gasteiger partial charge is 0.475 e. The second kappa shape index (κ2) is 12.2. The zero-order chi connectivity index (χ0) is 28.7. The maximum Gasteiger partial charge on any atom is 0.490 e. The van der Waals surface area contributed by atoms with Crippen LogP contribution in [0.1, 0.15) is 23.9 Å². The number of nitrogens with two attached hydrogens (primary N) is 1. The predicted octanol–water partition coefficient (Wildman–Crippen LogP) is 5.44. The van der Waals surface area contributed by atoms with Crippen LogP contribution in [0.4, 0.5) is 28.9 Å². The van der Waals surface area contributed by atoms with Crippen molar-refractivity contribution in [2.24, 2.45) is 12.8 Å². The van der Waals surface area contributed by atoms with Crippen molar-refractivity contribution in [2.75, 3.05) is 4.90 Å². The molecule has 3 aromatic carbocycles. The van der Waals surface area contributed by atoms with E-state index in [-0.39, 0.29) is 11.7 Å². The minimum absolute atomic E-state index is 0.0111. The largest absolute Gasteiger partial charge is 0.490 e. The average Bonchev–Trinajstić information content (AvgIpc) is 3.28. The lowest BCUT2D eigenvalue weighted by atomic mass is 10.1. The van der Waals surface area contributed by atoms with Crippen molar-refractivity contribution in [2.45, 2.75) is 26.1 Å². The fourth-order valence-electron chi connectivity index (χ4n) is 3.53. The van der Waals surface area contributed by atoms with Gasteiger partial charge in [0.15, 0.2) is 5.82 Å². The SMILES string of the molecule is CCc1ccc(F)c(N(Cc2nc(-c3ccccc3)nn2C)c2ccc(C(=N)N)cc2)c1.O=C(O)C(F)(F)F. The zero-order valence-electron chi connectivity index (χ0n) is 21.1. The molecule has 0 aliphatic carbocycles. The maximum absolute atomic E-state index is 15.0. The van der Waals surface area contributed by atoms with E-state index in [0.717, 1.165) is 23.2 Å². The van der Waals surface area contributed by atoms with Crippen molar-refractivity contribution in [1.82, 2.24) is 14.8 Å². The monoisotopic (exact) mass is 542 g/mol. The molecule has 4 rings (SSSR count). The number of aromatic nitrogens is 3. The van der Waals surface area contributed by atoms with Gasteiger partial charge in [-0.25, -0.2) is 14.2 Å². The fourth-order valence-corrected chi connectivity index (χ4v) is 3.53. The number of carboxylic acids is 1. The zero-order valence-corrected chi connectivity index (χ0v) is 21.1. The summed E-state index contributed by atoms with van der Waals surface area (Å²) < 4.78 is 48.4. The first-order valence-electron chi connectivity index (χ1n) is 11.7. The van der Waals surface area contributed by atoms with Crippen LogP contribution >= 0.6 is 0 Å². The molecule has 4 aromatic rings. The molecule has 204 valence electrons. The molecule has 0 atom stereocenters. The van der Waals surface area contributed by atoms with Crippen LogP contribution < -0.4 is 10.6 Å². The van der Waals surface area contributed by atoms with Gasteiger partial charge in [-0.05, 0) is 48.4 Å². The van der Waals surface area contributed by atoms with Crippen molar-refractivity contribution in [3.63, 3.8) is 0 Å². The Morgan fingerprint density at radius 1 is 1.08 bits per heavy atom. The van der Waals surface area contributed by atoms with E-state index in [2.05, 4.69) is 5.10 Å². The molecular formula is C27H26F4N6O2. The number of nitrogens with zero attached hydrogens (tertiary/aromatic N) is 4. The van der Waals surface area contributed by atoms with Crippen molar-refractivity contribution in [3.05, 3.63) is 95.6 Å². The Morgan fingerprint density at radius 2 is 1.69 bits per heavy atom. The van der Waals surface area contributed by atoms with Gasteiger partial charge in [0.2, 0.25) is 0 Å². The van der Waals surface area contributed by atoms with Crippen LogP contribution in [0.15, 0.2) is 72.8 Å². The minimum atomic E-state index is -5.08. The molecule has 0 radical (unpaired) electrons. The number of nitrogens with one attached hydrogen (secondary N) is 1. The third-order valence-electron chi connectivity index (χ3n) is 5.63. The minimum Gasteiger partial charge on any atom is -0.475 e. The maximum atomic E-state index is 15.0. The van der Waals surface area contributed by atoms with Crippen molar-refractivity contribution in [3.8, 4) is 11.4 Å². The Kier molecular flexibility index (Phi) is 9.02. The topological polar surface area (TPSA) is 121 Å². The Hall–Kier alpha value is -4.74. The number of alkyl halides is 3. The third-order valence-corrected chi connectivity index (χ3v) is 5.63. The summed E-state index contributed by atoms with van der Waals surface area (Å²) in [5.41, 5.74) is 9.41. The molecule has 0 aliphatic heterocycles. The van der Waals surface area contributed by atoms with Gasteiger partial charge in [0, 0.05) is 23.9 Å². The third kappa shape index (κ3) is 7.40. The normalized spacial score (nSPS) is 10.9. The number of carboxylic acid groups (broad SMARTS) is 1. The van der Waals surface area contributed by atoms with E-state index in [1.54, 1.807) is 22.9 Å². The lowest BCUT2D eigenvalue weighted by Crippen LogP contribution is -2.21. The number of rotatable bonds is 7. The Balaban J connectivity index is 0.000000532. The standard InChI is InChI=1S/C25H25FN6.C2HF3O2/c1-3-17-9-14-21(26)22(15-17)32(20-12-10-18(11-13-20)24(27)28)16-23-29-25(30-31(23)2)19-7-5-4-6-8-19;3-2(4,5)1(6)7/h4-15H,3,16H2,1-2H3,(H3,27,28);(H,6,7). The van der Waals surface area contributed by atoms with Gasteiger partial charge >= 0.3 is 12.1 Å². The number of aryl methyl sites for hydroxylation is 2. The second-order valence-electron chi connectivity index (χ2n) is 8.33. The van der Waals surface area contributed by atoms with E-state index in [1.165, 1.54) is 6.07 Å². The molecule has 1 heterocycles. The van der Waals surface area contributed by atoms with E-state index >= 15 is 0 Å². The van der Waals surface area contributed by atoms with Gasteiger partial charge in [-0.1, -0.05) is 43.3 Å². The highest BCUT2D eigenvalue weighted by atomic mass is 19.4. The number of hydrogen-bond acceptors (Lipinski definition) is 5. The number of halogens is 4. The summed E-state index contributed by atoms with van der Waals surface area (Å²) in [5.74, 6) is -1.77. The van der Waals surface area contributed by atoms with Gasteiger partial charge in [-0.2, -0.15) is 18.3 Å². The molecule has 0 unspecified atom stereocenters. The van der Waals surface area contributed by atoms with E-state index in [9.17, 15) is 17.6 Å². The van der Waals surface area contributed by atoms with Crippen LogP contribution in [0.3, 0.4) is 0 Å². The number of benzene rings is 3. The molecule has 0 bridgehead atoms. The van der Waals surface area contributed by atoms with Crippen molar-refractivity contribution < 1.29 is 27.5 Å². The van der Waals surface area contributed by atoms with Crippen molar-refractivity contribution in [1.29, 1.82) is 5.41 Å². The van der Waals surface area contributed by atoms with Crippen LogP contribution in [-0.2, 0) is 24.8 Å². The summed E-state index contributed by atoms with van der Waals surface area (Å²) in [7, 11) is 1.84. The Labute approximate surface area is 221 Å². The number of nitrogen functional groups attached to an aromatic ring is 1. The molecule has 0 saturated heterocycles. The Morgan fingerprint density at radius 3 is 2.23 bits per heavy atom. The van der Waals surface area contributed by atoms with Crippen LogP contribution in [-0.4, -0.2) is 37.9 Å². The van der Waals surface area contributed by atoms with E-state index < -0.39 is 12.1 Å². The lowest BCUT2D eigenvalue weighted by molar-refractivity contribution is -0.192. The summed E-state index contributed by atoms with van der Waals surface area (Å²) >= 11 is 0. The highest BCUT2D eigenvalue weighted by Crippen LogP contribution is 2.31. The summed E-state index contributed by atoms with van der Waals surface area (Å²) in [6, 6.07) is 22.1. The molecular weight excluding hydrogens is 516 g/mol. The number of aliphatic carboxylic acids is 1. The molecule has 0 amide bonds. The molecule has 1 aromatic heterocycles. The van der Waals surface area contributed by atoms with Crippen LogP contribution in [0.25, 0.3) is 11.4 Å². The molecule has 4 N–H and O–H groups in total. The number of anilines is 2. The van der Waals surface area contributed by atoms with Crippen LogP contribution in [0.5, 0.6) is 0 Å². The van der Waals surface area contributed by atoms with Gasteiger partial charge < -0.3 is 15.7 Å². The summed E-state index contributed by atoms with van der Waals surface area (Å²) in [6.45, 7) is 2.36. The predicted molar refractivity (Wildman–Crippen MR) is 139 cm³/mol. The van der Waals surface area contributed by atoms with E-state index in [4.69, 9.17) is 26.0 Å². The van der Waals surface area contributed by atoms with Gasteiger partial charge in [0.25, 0.3) is 0 Å². The Bertz CT molecular complexity index is 1440. The molecule has 8 nitrogen and oxygen atoms in total. The van der Waals surface area contributed by atoms with Crippen LogP contribution in [0.2, 0.25) is 0 Å². The molecule has 0 aliphatic rings. The summed E-state index contributed by atoms with van der Waals surface area (Å²) in [5, 5.41) is 19.3. The van der Waals surface area contributed by atoms with Gasteiger partial charge in [-0.3, -0.25) is 10.1 Å². The van der Waals surface area contributed by atoms with E-state index in [0.29, 0.717) is 29.4 Å². The quantitative estimate of drug-likeness (QED) is 0.163. The number of carbonyl (C=O) groups is 1. The summed E-state index contributed by atoms with van der Waals surface area (Å²) in [4.78, 5) is 15.5. The fraction of sp³-hybridized carbons (Fsp3) is 0.185. The van der Waals surface area contributed by atoms with E-state index in [1.807, 2.05) is 67.4 Å². The first kappa shape index (κ1) is 28.8. The molecule has 0 spiro atoms. The number of hydrogen-bond donors (Lipinski definition) is 3.